The van der Waals surface area contributed by atoms with E-state index in [-0.39, 0.29) is 6.10 Å². The molecule has 0 heterocycles. The van der Waals surface area contributed by atoms with Gasteiger partial charge in [-0.25, -0.2) is 0 Å². The highest BCUT2D eigenvalue weighted by Gasteiger charge is 2.34. The molecule has 0 aliphatic heterocycles. The van der Waals surface area contributed by atoms with Crippen LogP contribution in [0.3, 0.4) is 0 Å². The van der Waals surface area contributed by atoms with Crippen LogP contribution in [0.2, 0.25) is 0 Å². The smallest absolute Gasteiger partial charge is 0.0596 e. The van der Waals surface area contributed by atoms with Crippen LogP contribution in [-0.4, -0.2) is 11.2 Å². The highest BCUT2D eigenvalue weighted by Crippen LogP contribution is 2.41. The molecule has 3 unspecified atom stereocenters. The summed E-state index contributed by atoms with van der Waals surface area (Å²) in [4.78, 5) is 0. The summed E-state index contributed by atoms with van der Waals surface area (Å²) in [6.07, 6.45) is 13.4. The van der Waals surface area contributed by atoms with Crippen molar-refractivity contribution in [1.29, 1.82) is 0 Å². The Morgan fingerprint density at radius 3 is 2.05 bits per heavy atom. The minimum atomic E-state index is -0.00711. The molecule has 0 spiro atoms. The largest absolute Gasteiger partial charge is 0.393 e. The van der Waals surface area contributed by atoms with Gasteiger partial charge in [0.15, 0.2) is 0 Å². The summed E-state index contributed by atoms with van der Waals surface area (Å²) >= 11 is 0. The fourth-order valence-electron chi connectivity index (χ4n) is 4.98. The maximum Gasteiger partial charge on any atom is 0.0596 e. The third-order valence-electron chi connectivity index (χ3n) is 6.04. The summed E-state index contributed by atoms with van der Waals surface area (Å²) in [5, 5.41) is 10.8. The molecule has 1 nitrogen and oxygen atoms in total. The summed E-state index contributed by atoms with van der Waals surface area (Å²) in [6.45, 7) is 7.04. The van der Waals surface area contributed by atoms with Crippen LogP contribution in [0.25, 0.3) is 0 Å². The van der Waals surface area contributed by atoms with Gasteiger partial charge in [-0.05, 0) is 61.7 Å². The second kappa shape index (κ2) is 7.82. The molecule has 0 bridgehead atoms. The fraction of sp³-hybridized carbons (Fsp3) is 1.00. The second-order valence-corrected chi connectivity index (χ2v) is 8.09. The number of hydrogen-bond acceptors (Lipinski definition) is 1. The quantitative estimate of drug-likeness (QED) is 0.713. The molecule has 2 rings (SSSR count). The predicted molar refractivity (Wildman–Crippen MR) is 86.6 cm³/mol. The number of hydrogen-bond donors (Lipinski definition) is 1. The fourth-order valence-corrected chi connectivity index (χ4v) is 4.98. The Morgan fingerprint density at radius 1 is 0.900 bits per heavy atom. The van der Waals surface area contributed by atoms with Crippen molar-refractivity contribution < 1.29 is 5.11 Å². The average molecular weight is 280 g/mol. The number of rotatable bonds is 5. The van der Waals surface area contributed by atoms with E-state index in [1.165, 1.54) is 64.2 Å². The Balaban J connectivity index is 1.77. The summed E-state index contributed by atoms with van der Waals surface area (Å²) in [7, 11) is 0. The molecule has 20 heavy (non-hydrogen) atoms. The lowest BCUT2D eigenvalue weighted by Crippen LogP contribution is -2.36. The lowest BCUT2D eigenvalue weighted by atomic mass is 9.68. The Kier molecular flexibility index (Phi) is 6.39. The molecule has 0 aromatic rings. The van der Waals surface area contributed by atoms with Crippen molar-refractivity contribution in [3.63, 3.8) is 0 Å². The lowest BCUT2D eigenvalue weighted by molar-refractivity contribution is -0.00489. The van der Waals surface area contributed by atoms with E-state index in [9.17, 15) is 5.11 Å². The van der Waals surface area contributed by atoms with Crippen LogP contribution < -0.4 is 0 Å². The van der Waals surface area contributed by atoms with Crippen molar-refractivity contribution in [3.8, 4) is 0 Å². The molecule has 0 saturated heterocycles. The van der Waals surface area contributed by atoms with Crippen LogP contribution in [-0.2, 0) is 0 Å². The van der Waals surface area contributed by atoms with Crippen LogP contribution in [0, 0.1) is 29.6 Å². The van der Waals surface area contributed by atoms with E-state index in [4.69, 9.17) is 0 Å². The van der Waals surface area contributed by atoms with E-state index >= 15 is 0 Å². The number of unbranched alkanes of at least 4 members (excludes halogenated alkanes) is 1. The van der Waals surface area contributed by atoms with Gasteiger partial charge in [0.05, 0.1) is 6.10 Å². The summed E-state index contributed by atoms with van der Waals surface area (Å²) in [5.74, 6) is 3.79. The zero-order valence-electron chi connectivity index (χ0n) is 14.0. The highest BCUT2D eigenvalue weighted by atomic mass is 16.3. The van der Waals surface area contributed by atoms with Gasteiger partial charge in [0.1, 0.15) is 0 Å². The van der Waals surface area contributed by atoms with Crippen LogP contribution in [0.4, 0.5) is 0 Å². The topological polar surface area (TPSA) is 20.2 Å². The predicted octanol–water partition coefficient (Wildman–Crippen LogP) is 5.42. The maximum atomic E-state index is 10.8. The molecule has 1 N–H and O–H groups in total. The van der Waals surface area contributed by atoms with Crippen molar-refractivity contribution in [2.24, 2.45) is 29.6 Å². The Labute approximate surface area is 126 Å². The molecular formula is C19H36O. The van der Waals surface area contributed by atoms with Crippen LogP contribution in [0.1, 0.15) is 85.0 Å². The zero-order chi connectivity index (χ0) is 14.5. The van der Waals surface area contributed by atoms with Gasteiger partial charge in [-0.2, -0.15) is 0 Å². The summed E-state index contributed by atoms with van der Waals surface area (Å²) < 4.78 is 0. The van der Waals surface area contributed by atoms with Gasteiger partial charge in [0, 0.05) is 0 Å². The summed E-state index contributed by atoms with van der Waals surface area (Å²) in [5.41, 5.74) is 0. The summed E-state index contributed by atoms with van der Waals surface area (Å²) in [6, 6.07) is 0. The number of aliphatic hydroxyl groups excluding tert-OH is 1. The monoisotopic (exact) mass is 280 g/mol. The maximum absolute atomic E-state index is 10.8. The molecule has 2 aliphatic rings. The minimum absolute atomic E-state index is 0.00711. The Morgan fingerprint density at radius 2 is 1.50 bits per heavy atom. The minimum Gasteiger partial charge on any atom is -0.393 e. The molecule has 1 heteroatoms. The molecule has 0 aromatic carbocycles. The normalized spacial score (nSPS) is 40.5. The van der Waals surface area contributed by atoms with E-state index < -0.39 is 0 Å². The molecule has 0 aromatic heterocycles. The Hall–Kier alpha value is -0.0400. The van der Waals surface area contributed by atoms with E-state index in [1.807, 2.05) is 0 Å². The van der Waals surface area contributed by atoms with Crippen molar-refractivity contribution in [2.45, 2.75) is 91.1 Å². The molecule has 2 aliphatic carbocycles. The first-order chi connectivity index (χ1) is 9.60. The van der Waals surface area contributed by atoms with Crippen molar-refractivity contribution in [3.05, 3.63) is 0 Å². The molecule has 0 amide bonds. The van der Waals surface area contributed by atoms with Gasteiger partial charge in [-0.15, -0.1) is 0 Å². The lowest BCUT2D eigenvalue weighted by Gasteiger charge is -2.39. The van der Waals surface area contributed by atoms with Gasteiger partial charge < -0.3 is 5.11 Å². The van der Waals surface area contributed by atoms with Gasteiger partial charge in [0.2, 0.25) is 0 Å². The van der Waals surface area contributed by atoms with E-state index in [0.29, 0.717) is 11.8 Å². The highest BCUT2D eigenvalue weighted by molar-refractivity contribution is 4.86. The van der Waals surface area contributed by atoms with E-state index in [2.05, 4.69) is 20.8 Å². The first-order valence-electron chi connectivity index (χ1n) is 9.28. The van der Waals surface area contributed by atoms with Gasteiger partial charge in [-0.1, -0.05) is 52.9 Å². The number of aliphatic hydroxyl groups is 1. The SMILES string of the molecule is CCCCC1CCC(C(O)C2CC(C)CC(C)C2)CC1. The first-order valence-corrected chi connectivity index (χ1v) is 9.28. The van der Waals surface area contributed by atoms with Gasteiger partial charge >= 0.3 is 0 Å². The molecule has 2 saturated carbocycles. The van der Waals surface area contributed by atoms with Crippen LogP contribution in [0.15, 0.2) is 0 Å². The second-order valence-electron chi connectivity index (χ2n) is 8.09. The molecule has 2 fully saturated rings. The van der Waals surface area contributed by atoms with Crippen molar-refractivity contribution >= 4 is 0 Å². The van der Waals surface area contributed by atoms with Gasteiger partial charge in [-0.3, -0.25) is 0 Å². The average Bonchev–Trinajstić information content (AvgIpc) is 2.44. The van der Waals surface area contributed by atoms with Crippen LogP contribution >= 0.6 is 0 Å². The third kappa shape index (κ3) is 4.48. The van der Waals surface area contributed by atoms with Crippen molar-refractivity contribution in [2.75, 3.05) is 0 Å². The Bertz CT molecular complexity index is 257. The van der Waals surface area contributed by atoms with Crippen LogP contribution in [0.5, 0.6) is 0 Å². The standard InChI is InChI=1S/C19H36O/c1-4-5-6-16-7-9-17(10-8-16)19(20)18-12-14(2)11-15(3)13-18/h14-20H,4-13H2,1-3H3. The molecular weight excluding hydrogens is 244 g/mol. The zero-order valence-corrected chi connectivity index (χ0v) is 14.0. The first kappa shape index (κ1) is 16.3. The third-order valence-corrected chi connectivity index (χ3v) is 6.04. The van der Waals surface area contributed by atoms with E-state index in [1.54, 1.807) is 0 Å². The molecule has 118 valence electrons. The molecule has 0 radical (unpaired) electrons. The van der Waals surface area contributed by atoms with E-state index in [0.717, 1.165) is 17.8 Å². The van der Waals surface area contributed by atoms with Gasteiger partial charge in [0.25, 0.3) is 0 Å². The van der Waals surface area contributed by atoms with Crippen molar-refractivity contribution in [1.82, 2.24) is 0 Å². The molecule has 3 atom stereocenters.